The summed E-state index contributed by atoms with van der Waals surface area (Å²) in [6.45, 7) is 4.43. The highest BCUT2D eigenvalue weighted by atomic mass is 35.5. The fourth-order valence-corrected chi connectivity index (χ4v) is 6.68. The summed E-state index contributed by atoms with van der Waals surface area (Å²) in [7, 11) is 4.86. The molecule has 2 fully saturated rings. The lowest BCUT2D eigenvalue weighted by Crippen LogP contribution is -2.74. The van der Waals surface area contributed by atoms with Crippen molar-refractivity contribution in [3.05, 3.63) is 40.4 Å². The smallest absolute Gasteiger partial charge is 0.235 e. The van der Waals surface area contributed by atoms with Crippen molar-refractivity contribution < 1.29 is 34.2 Å². The van der Waals surface area contributed by atoms with Gasteiger partial charge in [-0.2, -0.15) is 0 Å². The number of benzene rings is 1. The highest BCUT2D eigenvalue weighted by molar-refractivity contribution is 6.34. The molecule has 198 valence electrons. The van der Waals surface area contributed by atoms with Crippen molar-refractivity contribution in [1.82, 2.24) is 9.80 Å². The van der Waals surface area contributed by atoms with Crippen LogP contribution in [0.15, 0.2) is 18.7 Å². The number of halogens is 1. The predicted octanol–water partition coefficient (Wildman–Crippen LogP) is 0.138. The third-order valence-electron chi connectivity index (χ3n) is 7.97. The van der Waals surface area contributed by atoms with Crippen molar-refractivity contribution in [2.24, 2.45) is 29.4 Å². The number of ketones is 4. The molecule has 3 aliphatic carbocycles. The Morgan fingerprint density at radius 1 is 1.24 bits per heavy atom. The molecule has 1 aromatic rings. The Labute approximate surface area is 219 Å². The minimum absolute atomic E-state index is 0.0230. The van der Waals surface area contributed by atoms with Gasteiger partial charge in [0.1, 0.15) is 5.75 Å². The minimum atomic E-state index is -2.75. The number of carbonyl (C=O) groups excluding carboxylic acids is 5. The summed E-state index contributed by atoms with van der Waals surface area (Å²) in [6.07, 6.45) is 1.78. The number of nitrogens with two attached hydrogens (primary N) is 1. The van der Waals surface area contributed by atoms with E-state index < -0.39 is 64.4 Å². The average molecular weight is 532 g/mol. The van der Waals surface area contributed by atoms with Gasteiger partial charge in [-0.05, 0) is 51.5 Å². The standard InChI is InChI=1S/C26H30ClN3O7/c1-5-6-30(4)10-12-9-15(27)13-7-11-8-14-19(29(2)3)22(33)18(25(28)36)24(35)26(14,37)23(34)16(11)21(32)17(13)20(12)31/h5,9,11,14,16,18-19,31,37H,1,6-8,10H2,2-4H3,(H2,28,36)/t11-,14-,16?,18?,19+,26-/m0/s1. The fourth-order valence-electron chi connectivity index (χ4n) is 6.37. The number of amides is 1. The zero-order valence-corrected chi connectivity index (χ0v) is 21.6. The number of likely N-dealkylation sites (N-methyl/N-ethyl adjacent to an activating group) is 2. The van der Waals surface area contributed by atoms with Gasteiger partial charge in [0.05, 0.1) is 17.5 Å². The van der Waals surface area contributed by atoms with Crippen molar-refractivity contribution in [2.45, 2.75) is 31.0 Å². The molecule has 0 aliphatic heterocycles. The molecule has 10 nitrogen and oxygen atoms in total. The summed E-state index contributed by atoms with van der Waals surface area (Å²) in [5.41, 5.74) is 3.22. The van der Waals surface area contributed by atoms with E-state index in [4.69, 9.17) is 17.3 Å². The second-order valence-electron chi connectivity index (χ2n) is 10.5. The van der Waals surface area contributed by atoms with E-state index in [1.165, 1.54) is 19.0 Å². The highest BCUT2D eigenvalue weighted by Gasteiger charge is 2.69. The van der Waals surface area contributed by atoms with Gasteiger partial charge in [0.2, 0.25) is 5.91 Å². The van der Waals surface area contributed by atoms with Crippen LogP contribution >= 0.6 is 11.6 Å². The largest absolute Gasteiger partial charge is 0.507 e. The zero-order valence-electron chi connectivity index (χ0n) is 20.9. The van der Waals surface area contributed by atoms with Gasteiger partial charge in [0.15, 0.2) is 34.7 Å². The van der Waals surface area contributed by atoms with Gasteiger partial charge < -0.3 is 15.9 Å². The molecule has 4 rings (SSSR count). The topological polar surface area (TPSA) is 158 Å². The summed E-state index contributed by atoms with van der Waals surface area (Å²) in [5, 5.41) is 22.9. The molecule has 1 aromatic carbocycles. The molecule has 0 heterocycles. The molecular weight excluding hydrogens is 502 g/mol. The Bertz CT molecular complexity index is 1250. The van der Waals surface area contributed by atoms with Crippen molar-refractivity contribution in [3.63, 3.8) is 0 Å². The molecule has 1 amide bonds. The summed E-state index contributed by atoms with van der Waals surface area (Å²) in [5.74, 6) is -10.8. The van der Waals surface area contributed by atoms with Gasteiger partial charge in [0.25, 0.3) is 0 Å². The number of aromatic hydroxyl groups is 1. The minimum Gasteiger partial charge on any atom is -0.507 e. The average Bonchev–Trinajstić information content (AvgIpc) is 2.79. The second-order valence-corrected chi connectivity index (χ2v) is 10.9. The van der Waals surface area contributed by atoms with E-state index in [0.29, 0.717) is 17.7 Å². The molecule has 0 saturated heterocycles. The maximum atomic E-state index is 13.8. The van der Waals surface area contributed by atoms with Crippen LogP contribution in [0.2, 0.25) is 5.02 Å². The lowest BCUT2D eigenvalue weighted by molar-refractivity contribution is -0.181. The lowest BCUT2D eigenvalue weighted by Gasteiger charge is -2.52. The first-order valence-corrected chi connectivity index (χ1v) is 12.3. The van der Waals surface area contributed by atoms with E-state index >= 15 is 0 Å². The van der Waals surface area contributed by atoms with Gasteiger partial charge in [-0.25, -0.2) is 0 Å². The van der Waals surface area contributed by atoms with Crippen LogP contribution in [0.25, 0.3) is 0 Å². The molecule has 3 aliphatic rings. The number of Topliss-reactive ketones (excluding diaryl/α,β-unsaturated/α-hetero) is 4. The maximum Gasteiger partial charge on any atom is 0.235 e. The van der Waals surface area contributed by atoms with Crippen LogP contribution in [0.5, 0.6) is 5.75 Å². The summed E-state index contributed by atoms with van der Waals surface area (Å²) < 4.78 is 0. The van der Waals surface area contributed by atoms with Gasteiger partial charge in [0, 0.05) is 29.6 Å². The van der Waals surface area contributed by atoms with Gasteiger partial charge in [-0.1, -0.05) is 17.7 Å². The molecule has 4 N–H and O–H groups in total. The number of primary amides is 1. The molecule has 0 radical (unpaired) electrons. The van der Waals surface area contributed by atoms with E-state index in [1.807, 2.05) is 4.90 Å². The molecule has 2 saturated carbocycles. The number of phenolic OH excluding ortho intramolecular Hbond substituents is 1. The summed E-state index contributed by atoms with van der Waals surface area (Å²) in [4.78, 5) is 69.3. The fraction of sp³-hybridized carbons (Fsp3) is 0.500. The second kappa shape index (κ2) is 9.43. The third-order valence-corrected chi connectivity index (χ3v) is 8.30. The van der Waals surface area contributed by atoms with Crippen molar-refractivity contribution >= 4 is 40.6 Å². The van der Waals surface area contributed by atoms with Crippen LogP contribution in [0.1, 0.15) is 27.9 Å². The zero-order chi connectivity index (χ0) is 27.6. The number of hydrogen-bond acceptors (Lipinski definition) is 9. The van der Waals surface area contributed by atoms with E-state index in [9.17, 15) is 34.2 Å². The Morgan fingerprint density at radius 2 is 1.89 bits per heavy atom. The Hall–Kier alpha value is -2.92. The monoisotopic (exact) mass is 531 g/mol. The normalized spacial score (nSPS) is 31.3. The molecule has 0 aromatic heterocycles. The number of carbonyl (C=O) groups is 5. The Kier molecular flexibility index (Phi) is 6.91. The first kappa shape index (κ1) is 27.1. The number of nitrogens with zero attached hydrogens (tertiary/aromatic N) is 2. The van der Waals surface area contributed by atoms with Gasteiger partial charge in [-0.3, -0.25) is 33.8 Å². The van der Waals surface area contributed by atoms with Gasteiger partial charge in [-0.15, -0.1) is 6.58 Å². The first-order chi connectivity index (χ1) is 17.3. The number of rotatable bonds is 6. The van der Waals surface area contributed by atoms with E-state index in [0.717, 1.165) is 0 Å². The summed E-state index contributed by atoms with van der Waals surface area (Å²) in [6, 6.07) is 0.436. The maximum absolute atomic E-state index is 13.8. The van der Waals surface area contributed by atoms with Crippen LogP contribution in [-0.4, -0.2) is 88.4 Å². The molecular formula is C26H30ClN3O7. The van der Waals surface area contributed by atoms with E-state index in [1.54, 1.807) is 19.2 Å². The number of fused-ring (bicyclic) bond motifs is 3. The van der Waals surface area contributed by atoms with Crippen LogP contribution in [0.3, 0.4) is 0 Å². The lowest BCUT2D eigenvalue weighted by atomic mass is 9.52. The van der Waals surface area contributed by atoms with Crippen LogP contribution in [0.4, 0.5) is 0 Å². The SMILES string of the molecule is C=CCN(C)Cc1cc(Cl)c2c(c1O)C(=O)C1C(=O)[C@]3(O)C(=O)C(C(N)=O)C(=O)[C@H](N(C)C)[C@@H]3C[C@@H]1C2. The third kappa shape index (κ3) is 3.94. The van der Waals surface area contributed by atoms with Gasteiger partial charge >= 0.3 is 0 Å². The molecule has 0 spiro atoms. The summed E-state index contributed by atoms with van der Waals surface area (Å²) >= 11 is 6.55. The Balaban J connectivity index is 1.83. The van der Waals surface area contributed by atoms with Crippen molar-refractivity contribution in [1.29, 1.82) is 0 Å². The number of phenols is 1. The van der Waals surface area contributed by atoms with Crippen LogP contribution in [-0.2, 0) is 32.1 Å². The molecule has 11 heteroatoms. The van der Waals surface area contributed by atoms with E-state index in [-0.39, 0.29) is 35.7 Å². The molecule has 2 unspecified atom stereocenters. The van der Waals surface area contributed by atoms with Crippen LogP contribution in [0, 0.1) is 23.7 Å². The molecule has 0 bridgehead atoms. The Morgan fingerprint density at radius 3 is 2.46 bits per heavy atom. The number of hydrogen-bond donors (Lipinski definition) is 3. The molecule has 6 atom stereocenters. The van der Waals surface area contributed by atoms with Crippen LogP contribution < -0.4 is 5.73 Å². The predicted molar refractivity (Wildman–Crippen MR) is 133 cm³/mol. The van der Waals surface area contributed by atoms with Crippen molar-refractivity contribution in [2.75, 3.05) is 27.7 Å². The van der Waals surface area contributed by atoms with E-state index in [2.05, 4.69) is 6.58 Å². The highest BCUT2D eigenvalue weighted by Crippen LogP contribution is 2.51. The van der Waals surface area contributed by atoms with Crippen molar-refractivity contribution in [3.8, 4) is 5.75 Å². The molecule has 37 heavy (non-hydrogen) atoms. The quantitative estimate of drug-likeness (QED) is 0.343. The first-order valence-electron chi connectivity index (χ1n) is 11.9. The number of aliphatic hydroxyl groups is 1.